The standard InChI is InChI=1S/C19H21NO5/c1-10-7-6-8-11(2)17(10)20-18(22)14(5)25-19(23)16-12(3)9-15(21)24-13(16)4/h6-9,14H,1-5H3,(H,20,22). The summed E-state index contributed by atoms with van der Waals surface area (Å²) in [6, 6.07) is 6.89. The van der Waals surface area contributed by atoms with E-state index in [-0.39, 0.29) is 11.3 Å². The number of rotatable bonds is 4. The van der Waals surface area contributed by atoms with Crippen LogP contribution in [0, 0.1) is 27.7 Å². The number of benzene rings is 1. The molecule has 1 atom stereocenters. The van der Waals surface area contributed by atoms with Crippen LogP contribution in [0.15, 0.2) is 33.5 Å². The molecule has 0 aliphatic heterocycles. The summed E-state index contributed by atoms with van der Waals surface area (Å²) in [5, 5.41) is 2.78. The van der Waals surface area contributed by atoms with Crippen LogP contribution < -0.4 is 10.9 Å². The Balaban J connectivity index is 2.14. The molecule has 0 aliphatic carbocycles. The van der Waals surface area contributed by atoms with Crippen molar-refractivity contribution >= 4 is 17.6 Å². The van der Waals surface area contributed by atoms with E-state index in [1.54, 1.807) is 6.92 Å². The maximum atomic E-state index is 12.3. The third kappa shape index (κ3) is 4.15. The maximum Gasteiger partial charge on any atom is 0.342 e. The van der Waals surface area contributed by atoms with E-state index in [9.17, 15) is 14.4 Å². The lowest BCUT2D eigenvalue weighted by Gasteiger charge is -2.17. The lowest BCUT2D eigenvalue weighted by Crippen LogP contribution is -2.31. The highest BCUT2D eigenvalue weighted by atomic mass is 16.5. The summed E-state index contributed by atoms with van der Waals surface area (Å²) >= 11 is 0. The second-order valence-electron chi connectivity index (χ2n) is 5.98. The number of aryl methyl sites for hydroxylation is 4. The van der Waals surface area contributed by atoms with Crippen molar-refractivity contribution in [3.63, 3.8) is 0 Å². The molecule has 0 fully saturated rings. The SMILES string of the molecule is Cc1cccc(C)c1NC(=O)C(C)OC(=O)c1c(C)cc(=O)oc1C. The summed E-state index contributed by atoms with van der Waals surface area (Å²) in [7, 11) is 0. The number of anilines is 1. The Morgan fingerprint density at radius 3 is 2.24 bits per heavy atom. The fourth-order valence-electron chi connectivity index (χ4n) is 2.57. The minimum Gasteiger partial charge on any atom is -0.449 e. The molecule has 0 aliphatic rings. The molecule has 25 heavy (non-hydrogen) atoms. The molecule has 1 N–H and O–H groups in total. The van der Waals surface area contributed by atoms with Gasteiger partial charge in [0.15, 0.2) is 6.10 Å². The van der Waals surface area contributed by atoms with Crippen LogP contribution in [0.4, 0.5) is 5.69 Å². The van der Waals surface area contributed by atoms with Crippen LogP contribution in [0.1, 0.15) is 39.7 Å². The Hall–Kier alpha value is -2.89. The van der Waals surface area contributed by atoms with Gasteiger partial charge in [-0.1, -0.05) is 18.2 Å². The number of nitrogens with one attached hydrogen (secondary N) is 1. The van der Waals surface area contributed by atoms with Crippen LogP contribution in [-0.4, -0.2) is 18.0 Å². The first-order valence-corrected chi connectivity index (χ1v) is 7.90. The third-order valence-corrected chi connectivity index (χ3v) is 3.92. The summed E-state index contributed by atoms with van der Waals surface area (Å²) in [5.74, 6) is -0.973. The molecule has 132 valence electrons. The number of amides is 1. The molecule has 1 heterocycles. The largest absolute Gasteiger partial charge is 0.449 e. The van der Waals surface area contributed by atoms with Crippen LogP contribution in [-0.2, 0) is 9.53 Å². The Morgan fingerprint density at radius 1 is 1.08 bits per heavy atom. The van der Waals surface area contributed by atoms with Crippen molar-refractivity contribution in [2.24, 2.45) is 0 Å². The third-order valence-electron chi connectivity index (χ3n) is 3.92. The predicted octanol–water partition coefficient (Wildman–Crippen LogP) is 3.06. The fraction of sp³-hybridized carbons (Fsp3) is 0.316. The molecule has 1 aromatic heterocycles. The van der Waals surface area contributed by atoms with Crippen LogP contribution >= 0.6 is 0 Å². The van der Waals surface area contributed by atoms with Crippen molar-refractivity contribution < 1.29 is 18.7 Å². The quantitative estimate of drug-likeness (QED) is 0.862. The van der Waals surface area contributed by atoms with E-state index in [2.05, 4.69) is 5.32 Å². The second kappa shape index (κ2) is 7.34. The average molecular weight is 343 g/mol. The molecule has 0 bridgehead atoms. The van der Waals surface area contributed by atoms with Gasteiger partial charge >= 0.3 is 11.6 Å². The molecule has 1 amide bonds. The van der Waals surface area contributed by atoms with Gasteiger partial charge < -0.3 is 14.5 Å². The van der Waals surface area contributed by atoms with Crippen LogP contribution in [0.3, 0.4) is 0 Å². The lowest BCUT2D eigenvalue weighted by molar-refractivity contribution is -0.123. The molecule has 0 saturated heterocycles. The molecular weight excluding hydrogens is 322 g/mol. The number of para-hydroxylation sites is 1. The van der Waals surface area contributed by atoms with Gasteiger partial charge in [-0.05, 0) is 51.3 Å². The maximum absolute atomic E-state index is 12.3. The van der Waals surface area contributed by atoms with E-state index in [4.69, 9.17) is 9.15 Å². The van der Waals surface area contributed by atoms with Gasteiger partial charge in [0.05, 0.1) is 0 Å². The molecule has 1 unspecified atom stereocenters. The number of hydrogen-bond acceptors (Lipinski definition) is 5. The number of hydrogen-bond donors (Lipinski definition) is 1. The van der Waals surface area contributed by atoms with E-state index in [0.29, 0.717) is 11.3 Å². The fourth-order valence-corrected chi connectivity index (χ4v) is 2.57. The highest BCUT2D eigenvalue weighted by Gasteiger charge is 2.23. The first-order chi connectivity index (χ1) is 11.7. The molecule has 6 heteroatoms. The smallest absolute Gasteiger partial charge is 0.342 e. The Labute approximate surface area is 145 Å². The van der Waals surface area contributed by atoms with E-state index in [0.717, 1.165) is 11.1 Å². The topological polar surface area (TPSA) is 85.6 Å². The molecule has 1 aromatic carbocycles. The summed E-state index contributed by atoms with van der Waals surface area (Å²) in [6.07, 6.45) is -1.00. The van der Waals surface area contributed by atoms with Crippen molar-refractivity contribution in [2.75, 3.05) is 5.32 Å². The van der Waals surface area contributed by atoms with Crippen LogP contribution in [0.5, 0.6) is 0 Å². The highest BCUT2D eigenvalue weighted by molar-refractivity contribution is 5.98. The number of ether oxygens (including phenoxy) is 1. The minimum absolute atomic E-state index is 0.159. The summed E-state index contributed by atoms with van der Waals surface area (Å²) in [4.78, 5) is 36.0. The zero-order chi connectivity index (χ0) is 18.7. The summed E-state index contributed by atoms with van der Waals surface area (Å²) in [6.45, 7) is 8.38. The Kier molecular flexibility index (Phi) is 5.41. The molecule has 2 aromatic rings. The zero-order valence-electron chi connectivity index (χ0n) is 14.9. The first-order valence-electron chi connectivity index (χ1n) is 7.90. The van der Waals surface area contributed by atoms with Gasteiger partial charge in [0, 0.05) is 11.8 Å². The molecular formula is C19H21NO5. The first kappa shape index (κ1) is 18.4. The molecule has 2 rings (SSSR count). The predicted molar refractivity (Wildman–Crippen MR) is 93.9 cm³/mol. The average Bonchev–Trinajstić information content (AvgIpc) is 2.49. The van der Waals surface area contributed by atoms with Crippen molar-refractivity contribution in [2.45, 2.75) is 40.7 Å². The van der Waals surface area contributed by atoms with Gasteiger partial charge in [-0.15, -0.1) is 0 Å². The number of esters is 1. The van der Waals surface area contributed by atoms with Crippen LogP contribution in [0.25, 0.3) is 0 Å². The van der Waals surface area contributed by atoms with Gasteiger partial charge in [0.25, 0.3) is 5.91 Å². The normalized spacial score (nSPS) is 11.7. The highest BCUT2D eigenvalue weighted by Crippen LogP contribution is 2.20. The van der Waals surface area contributed by atoms with Gasteiger partial charge in [-0.3, -0.25) is 4.79 Å². The van der Waals surface area contributed by atoms with Crippen molar-refractivity contribution in [1.82, 2.24) is 0 Å². The summed E-state index contributed by atoms with van der Waals surface area (Å²) in [5.41, 5.74) is 2.61. The number of carbonyl (C=O) groups is 2. The molecule has 0 spiro atoms. The van der Waals surface area contributed by atoms with Gasteiger partial charge in [-0.2, -0.15) is 0 Å². The van der Waals surface area contributed by atoms with Gasteiger partial charge in [0.2, 0.25) is 0 Å². The molecule has 0 saturated carbocycles. The van der Waals surface area contributed by atoms with Crippen molar-refractivity contribution in [3.05, 3.63) is 62.7 Å². The zero-order valence-corrected chi connectivity index (χ0v) is 14.9. The molecule has 0 radical (unpaired) electrons. The Bertz CT molecular complexity index is 835. The van der Waals surface area contributed by atoms with E-state index < -0.39 is 23.6 Å². The van der Waals surface area contributed by atoms with Gasteiger partial charge in [0.1, 0.15) is 11.3 Å². The summed E-state index contributed by atoms with van der Waals surface area (Å²) < 4.78 is 10.2. The van der Waals surface area contributed by atoms with Crippen LogP contribution in [0.2, 0.25) is 0 Å². The van der Waals surface area contributed by atoms with E-state index >= 15 is 0 Å². The van der Waals surface area contributed by atoms with E-state index in [1.165, 1.54) is 19.9 Å². The van der Waals surface area contributed by atoms with Crippen molar-refractivity contribution in [3.8, 4) is 0 Å². The Morgan fingerprint density at radius 2 is 1.68 bits per heavy atom. The number of carbonyl (C=O) groups excluding carboxylic acids is 2. The van der Waals surface area contributed by atoms with Crippen molar-refractivity contribution in [1.29, 1.82) is 0 Å². The monoisotopic (exact) mass is 343 g/mol. The molecule has 6 nitrogen and oxygen atoms in total. The lowest BCUT2D eigenvalue weighted by atomic mass is 10.1. The van der Waals surface area contributed by atoms with E-state index in [1.807, 2.05) is 32.0 Å². The van der Waals surface area contributed by atoms with Gasteiger partial charge in [-0.25, -0.2) is 9.59 Å². The minimum atomic E-state index is -1.00. The second-order valence-corrected chi connectivity index (χ2v) is 5.98.